The smallest absolute Gasteiger partial charge is 0.0303 e. The zero-order valence-corrected chi connectivity index (χ0v) is 9.56. The molecule has 0 aliphatic carbocycles. The van der Waals surface area contributed by atoms with E-state index in [4.69, 9.17) is 0 Å². The van der Waals surface area contributed by atoms with Crippen molar-refractivity contribution in [3.63, 3.8) is 0 Å². The Morgan fingerprint density at radius 1 is 1.15 bits per heavy atom. The van der Waals surface area contributed by atoms with E-state index in [1.54, 1.807) is 0 Å². The van der Waals surface area contributed by atoms with Gasteiger partial charge in [0.15, 0.2) is 0 Å². The fraction of sp³-hybridized carbons (Fsp3) is 1.00. The van der Waals surface area contributed by atoms with Gasteiger partial charge in [0.25, 0.3) is 0 Å². The summed E-state index contributed by atoms with van der Waals surface area (Å²) in [6.07, 6.45) is 4.17. The van der Waals surface area contributed by atoms with Crippen LogP contribution in [0.1, 0.15) is 40.0 Å². The third-order valence-corrected chi connectivity index (χ3v) is 3.66. The Kier molecular flexibility index (Phi) is 3.74. The van der Waals surface area contributed by atoms with Gasteiger partial charge in [0.2, 0.25) is 0 Å². The summed E-state index contributed by atoms with van der Waals surface area (Å²) in [4.78, 5) is 2.62. The van der Waals surface area contributed by atoms with E-state index >= 15 is 0 Å². The predicted octanol–water partition coefficient (Wildman–Crippen LogP) is 1.86. The maximum absolute atomic E-state index is 3.36. The van der Waals surface area contributed by atoms with Crippen LogP contribution < -0.4 is 5.32 Å². The van der Waals surface area contributed by atoms with E-state index < -0.39 is 0 Å². The molecule has 1 heterocycles. The van der Waals surface area contributed by atoms with Crippen molar-refractivity contribution in [1.82, 2.24) is 10.2 Å². The lowest BCUT2D eigenvalue weighted by molar-refractivity contribution is 0.0691. The Bertz CT molecular complexity index is 148. The van der Waals surface area contributed by atoms with Gasteiger partial charge in [0.1, 0.15) is 0 Å². The molecule has 2 nitrogen and oxygen atoms in total. The minimum atomic E-state index is 0.301. The van der Waals surface area contributed by atoms with Crippen molar-refractivity contribution in [1.29, 1.82) is 0 Å². The fourth-order valence-corrected chi connectivity index (χ4v) is 2.10. The number of hydrogen-bond acceptors (Lipinski definition) is 2. The normalized spacial score (nSPS) is 23.1. The van der Waals surface area contributed by atoms with Crippen molar-refractivity contribution < 1.29 is 0 Å². The Morgan fingerprint density at radius 3 is 2.15 bits per heavy atom. The summed E-state index contributed by atoms with van der Waals surface area (Å²) in [5, 5.41) is 3.36. The van der Waals surface area contributed by atoms with E-state index in [2.05, 4.69) is 38.0 Å². The van der Waals surface area contributed by atoms with Crippen molar-refractivity contribution in [2.24, 2.45) is 0 Å². The highest BCUT2D eigenvalue weighted by atomic mass is 15.2. The van der Waals surface area contributed by atoms with Gasteiger partial charge in [-0.15, -0.1) is 0 Å². The van der Waals surface area contributed by atoms with Crippen LogP contribution in [-0.4, -0.2) is 36.6 Å². The first-order chi connectivity index (χ1) is 6.09. The van der Waals surface area contributed by atoms with Crippen molar-refractivity contribution in [2.75, 3.05) is 20.1 Å². The van der Waals surface area contributed by atoms with Gasteiger partial charge in [-0.05, 0) is 53.8 Å². The van der Waals surface area contributed by atoms with Crippen LogP contribution in [0.4, 0.5) is 0 Å². The highest BCUT2D eigenvalue weighted by Crippen LogP contribution is 2.23. The zero-order chi connectivity index (χ0) is 9.90. The van der Waals surface area contributed by atoms with Crippen LogP contribution in [-0.2, 0) is 0 Å². The zero-order valence-electron chi connectivity index (χ0n) is 9.56. The van der Waals surface area contributed by atoms with Crippen LogP contribution in [0, 0.1) is 0 Å². The average molecular weight is 184 g/mol. The second-order valence-corrected chi connectivity index (χ2v) is 4.71. The molecule has 0 radical (unpaired) electrons. The van der Waals surface area contributed by atoms with Crippen molar-refractivity contribution in [3.05, 3.63) is 0 Å². The Hall–Kier alpha value is -0.0800. The van der Waals surface area contributed by atoms with E-state index in [-0.39, 0.29) is 0 Å². The van der Waals surface area contributed by atoms with E-state index in [9.17, 15) is 0 Å². The Labute approximate surface area is 82.7 Å². The van der Waals surface area contributed by atoms with Crippen molar-refractivity contribution >= 4 is 0 Å². The third-order valence-electron chi connectivity index (χ3n) is 3.66. The maximum Gasteiger partial charge on any atom is 0.0303 e. The fourth-order valence-electron chi connectivity index (χ4n) is 2.10. The molecule has 0 bridgehead atoms. The highest BCUT2D eigenvalue weighted by molar-refractivity contribution is 4.91. The van der Waals surface area contributed by atoms with Crippen molar-refractivity contribution in [3.8, 4) is 0 Å². The maximum atomic E-state index is 3.36. The first kappa shape index (κ1) is 11.0. The molecule has 1 unspecified atom stereocenters. The van der Waals surface area contributed by atoms with Gasteiger partial charge in [0.05, 0.1) is 0 Å². The van der Waals surface area contributed by atoms with Crippen LogP contribution in [0.2, 0.25) is 0 Å². The first-order valence-electron chi connectivity index (χ1n) is 5.51. The summed E-state index contributed by atoms with van der Waals surface area (Å²) >= 11 is 0. The molecule has 1 rings (SSSR count). The molecule has 2 heteroatoms. The van der Waals surface area contributed by atoms with E-state index in [0.717, 1.165) is 0 Å². The summed E-state index contributed by atoms with van der Waals surface area (Å²) in [6.45, 7) is 9.52. The standard InChI is InChI=1S/C11H24N2/c1-10(12-4)11(2,3)13-8-6-5-7-9-13/h10,12H,5-9H2,1-4H3. The molecule has 13 heavy (non-hydrogen) atoms. The lowest BCUT2D eigenvalue weighted by atomic mass is 9.91. The van der Waals surface area contributed by atoms with Gasteiger partial charge in [-0.25, -0.2) is 0 Å². The molecule has 1 aliphatic heterocycles. The summed E-state index contributed by atoms with van der Waals surface area (Å²) in [7, 11) is 2.05. The number of piperidine rings is 1. The number of likely N-dealkylation sites (tertiary alicyclic amines) is 1. The van der Waals surface area contributed by atoms with Crippen LogP contribution in [0.25, 0.3) is 0 Å². The number of rotatable bonds is 3. The highest BCUT2D eigenvalue weighted by Gasteiger charge is 2.32. The average Bonchev–Trinajstić information content (AvgIpc) is 2.18. The second kappa shape index (κ2) is 4.43. The number of nitrogens with zero attached hydrogens (tertiary/aromatic N) is 1. The molecule has 1 saturated heterocycles. The van der Waals surface area contributed by atoms with Gasteiger partial charge in [-0.2, -0.15) is 0 Å². The van der Waals surface area contributed by atoms with Crippen molar-refractivity contribution in [2.45, 2.75) is 51.6 Å². The van der Waals surface area contributed by atoms with Gasteiger partial charge >= 0.3 is 0 Å². The molecule has 1 fully saturated rings. The molecule has 0 aromatic carbocycles. The number of hydrogen-bond donors (Lipinski definition) is 1. The topological polar surface area (TPSA) is 15.3 Å². The summed E-state index contributed by atoms with van der Waals surface area (Å²) < 4.78 is 0. The largest absolute Gasteiger partial charge is 0.315 e. The minimum absolute atomic E-state index is 0.301. The minimum Gasteiger partial charge on any atom is -0.315 e. The van der Waals surface area contributed by atoms with Crippen LogP contribution in [0.3, 0.4) is 0 Å². The number of likely N-dealkylation sites (N-methyl/N-ethyl adjacent to an activating group) is 1. The molecule has 0 aromatic rings. The van der Waals surface area contributed by atoms with Crippen LogP contribution in [0.5, 0.6) is 0 Å². The van der Waals surface area contributed by atoms with E-state index in [0.29, 0.717) is 11.6 Å². The van der Waals surface area contributed by atoms with Gasteiger partial charge < -0.3 is 5.32 Å². The Balaban J connectivity index is 2.55. The van der Waals surface area contributed by atoms with Gasteiger partial charge in [-0.3, -0.25) is 4.90 Å². The van der Waals surface area contributed by atoms with Crippen LogP contribution in [0.15, 0.2) is 0 Å². The van der Waals surface area contributed by atoms with Crippen LogP contribution >= 0.6 is 0 Å². The first-order valence-corrected chi connectivity index (χ1v) is 5.51. The molecule has 0 saturated carbocycles. The lowest BCUT2D eigenvalue weighted by Gasteiger charge is -2.44. The molecule has 0 spiro atoms. The molecule has 78 valence electrons. The summed E-state index contributed by atoms with van der Waals surface area (Å²) in [5.41, 5.74) is 0.301. The monoisotopic (exact) mass is 184 g/mol. The molecule has 1 atom stereocenters. The second-order valence-electron chi connectivity index (χ2n) is 4.71. The summed E-state index contributed by atoms with van der Waals surface area (Å²) in [5.74, 6) is 0. The lowest BCUT2D eigenvalue weighted by Crippen LogP contribution is -2.57. The predicted molar refractivity (Wildman–Crippen MR) is 58.0 cm³/mol. The summed E-state index contributed by atoms with van der Waals surface area (Å²) in [6, 6.07) is 0.561. The molecular formula is C11H24N2. The van der Waals surface area contributed by atoms with E-state index in [1.165, 1.54) is 32.4 Å². The Morgan fingerprint density at radius 2 is 1.69 bits per heavy atom. The molecule has 0 aromatic heterocycles. The molecule has 1 aliphatic rings. The molecular weight excluding hydrogens is 160 g/mol. The van der Waals surface area contributed by atoms with Gasteiger partial charge in [-0.1, -0.05) is 6.42 Å². The van der Waals surface area contributed by atoms with Gasteiger partial charge in [0, 0.05) is 11.6 Å². The SMILES string of the molecule is CNC(C)C(C)(C)N1CCCCC1. The van der Waals surface area contributed by atoms with E-state index in [1.807, 2.05) is 0 Å². The molecule has 0 amide bonds. The third kappa shape index (κ3) is 2.44. The molecule has 1 N–H and O–H groups in total. The number of nitrogens with one attached hydrogen (secondary N) is 1. The quantitative estimate of drug-likeness (QED) is 0.720.